The largest absolute Gasteiger partial charge is 0.387 e. The lowest BCUT2D eigenvalue weighted by molar-refractivity contribution is 0.0782. The van der Waals surface area contributed by atoms with E-state index >= 15 is 0 Å². The van der Waals surface area contributed by atoms with Crippen LogP contribution in [0.3, 0.4) is 0 Å². The van der Waals surface area contributed by atoms with Crippen LogP contribution in [0.1, 0.15) is 42.5 Å². The Labute approximate surface area is 125 Å². The molecule has 2 fully saturated rings. The Morgan fingerprint density at radius 2 is 2.15 bits per heavy atom. The second-order valence-corrected chi connectivity index (χ2v) is 6.55. The van der Waals surface area contributed by atoms with Crippen LogP contribution in [0.25, 0.3) is 0 Å². The Balaban J connectivity index is 1.67. The van der Waals surface area contributed by atoms with Gasteiger partial charge in [0, 0.05) is 24.3 Å². The molecule has 0 aliphatic heterocycles. The summed E-state index contributed by atoms with van der Waals surface area (Å²) in [6, 6.07) is 5.34. The Hall–Kier alpha value is -1.22. The van der Waals surface area contributed by atoms with Crippen LogP contribution in [-0.2, 0) is 0 Å². The van der Waals surface area contributed by atoms with Gasteiger partial charge in [-0.2, -0.15) is 0 Å². The molecule has 0 bridgehead atoms. The van der Waals surface area contributed by atoms with Crippen molar-refractivity contribution in [2.75, 3.05) is 18.9 Å². The van der Waals surface area contributed by atoms with Crippen molar-refractivity contribution in [3.05, 3.63) is 28.8 Å². The molecule has 0 heterocycles. The van der Waals surface area contributed by atoms with Gasteiger partial charge in [-0.05, 0) is 55.2 Å². The lowest BCUT2D eigenvalue weighted by atomic mass is 9.65. The summed E-state index contributed by atoms with van der Waals surface area (Å²) in [5.41, 5.74) is 1.85. The van der Waals surface area contributed by atoms with E-state index in [1.165, 1.54) is 32.1 Å². The number of rotatable bonds is 5. The molecule has 0 spiro atoms. The maximum absolute atomic E-state index is 12.4. The SMILES string of the molecule is CNc1cc(Cl)ccc1C(=O)NCC1(C2CC2)CCC1. The normalized spacial score (nSPS) is 20.1. The average molecular weight is 293 g/mol. The number of nitrogens with one attached hydrogen (secondary N) is 2. The number of benzene rings is 1. The summed E-state index contributed by atoms with van der Waals surface area (Å²) in [5.74, 6) is 0.850. The minimum atomic E-state index is -0.00191. The number of amides is 1. The van der Waals surface area contributed by atoms with Gasteiger partial charge in [0.15, 0.2) is 0 Å². The third-order valence-corrected chi connectivity index (χ3v) is 5.12. The predicted octanol–water partition coefficient (Wildman–Crippen LogP) is 3.69. The van der Waals surface area contributed by atoms with Crippen LogP contribution >= 0.6 is 11.6 Å². The van der Waals surface area contributed by atoms with Crippen LogP contribution in [0.5, 0.6) is 0 Å². The van der Waals surface area contributed by atoms with E-state index in [4.69, 9.17) is 11.6 Å². The summed E-state index contributed by atoms with van der Waals surface area (Å²) in [5, 5.41) is 6.81. The Morgan fingerprint density at radius 1 is 1.40 bits per heavy atom. The van der Waals surface area contributed by atoms with E-state index in [0.717, 1.165) is 18.2 Å². The zero-order valence-electron chi connectivity index (χ0n) is 11.8. The zero-order valence-corrected chi connectivity index (χ0v) is 12.6. The molecule has 20 heavy (non-hydrogen) atoms. The standard InChI is InChI=1S/C16H21ClN2O/c1-18-14-9-12(17)5-6-13(14)15(20)19-10-16(7-2-8-16)11-3-4-11/h5-6,9,11,18H,2-4,7-8,10H2,1H3,(H,19,20). The molecular weight excluding hydrogens is 272 g/mol. The van der Waals surface area contributed by atoms with Crippen molar-refractivity contribution in [2.45, 2.75) is 32.1 Å². The van der Waals surface area contributed by atoms with Gasteiger partial charge in [0.1, 0.15) is 0 Å². The predicted molar refractivity (Wildman–Crippen MR) is 82.3 cm³/mol. The van der Waals surface area contributed by atoms with E-state index in [-0.39, 0.29) is 5.91 Å². The Kier molecular flexibility index (Phi) is 3.63. The minimum Gasteiger partial charge on any atom is -0.387 e. The van der Waals surface area contributed by atoms with E-state index in [2.05, 4.69) is 10.6 Å². The highest BCUT2D eigenvalue weighted by molar-refractivity contribution is 6.31. The smallest absolute Gasteiger partial charge is 0.253 e. The number of halogens is 1. The Bertz CT molecular complexity index is 521. The van der Waals surface area contributed by atoms with Crippen molar-refractivity contribution in [2.24, 2.45) is 11.3 Å². The van der Waals surface area contributed by atoms with Crippen molar-refractivity contribution in [1.82, 2.24) is 5.32 Å². The first-order valence-electron chi connectivity index (χ1n) is 7.40. The van der Waals surface area contributed by atoms with Crippen LogP contribution in [0, 0.1) is 11.3 Å². The molecule has 1 aromatic rings. The molecule has 0 radical (unpaired) electrons. The van der Waals surface area contributed by atoms with Gasteiger partial charge in [-0.25, -0.2) is 0 Å². The van der Waals surface area contributed by atoms with Crippen LogP contribution < -0.4 is 10.6 Å². The van der Waals surface area contributed by atoms with Crippen LogP contribution in [0.15, 0.2) is 18.2 Å². The molecule has 1 aromatic carbocycles. The van der Waals surface area contributed by atoms with Gasteiger partial charge in [0.25, 0.3) is 5.91 Å². The molecule has 2 saturated carbocycles. The molecule has 3 rings (SSSR count). The summed E-state index contributed by atoms with van der Waals surface area (Å²) < 4.78 is 0. The molecule has 2 aliphatic carbocycles. The molecule has 2 N–H and O–H groups in total. The quantitative estimate of drug-likeness (QED) is 0.869. The average Bonchev–Trinajstić information content (AvgIpc) is 3.22. The van der Waals surface area contributed by atoms with E-state index < -0.39 is 0 Å². The van der Waals surface area contributed by atoms with Crippen LogP contribution in [0.2, 0.25) is 5.02 Å². The zero-order chi connectivity index (χ0) is 14.2. The molecule has 0 saturated heterocycles. The lowest BCUT2D eigenvalue weighted by Crippen LogP contribution is -2.43. The van der Waals surface area contributed by atoms with Crippen molar-refractivity contribution in [3.8, 4) is 0 Å². The second-order valence-electron chi connectivity index (χ2n) is 6.11. The van der Waals surface area contributed by atoms with E-state index in [0.29, 0.717) is 16.0 Å². The maximum atomic E-state index is 12.4. The van der Waals surface area contributed by atoms with Crippen molar-refractivity contribution >= 4 is 23.2 Å². The number of carbonyl (C=O) groups is 1. The highest BCUT2D eigenvalue weighted by Crippen LogP contribution is 2.56. The number of anilines is 1. The van der Waals surface area contributed by atoms with Gasteiger partial charge in [0.2, 0.25) is 0 Å². The van der Waals surface area contributed by atoms with Gasteiger partial charge in [-0.1, -0.05) is 18.0 Å². The first-order valence-corrected chi connectivity index (χ1v) is 7.78. The topological polar surface area (TPSA) is 41.1 Å². The van der Waals surface area contributed by atoms with Gasteiger partial charge < -0.3 is 10.6 Å². The Morgan fingerprint density at radius 3 is 2.70 bits per heavy atom. The number of carbonyl (C=O) groups excluding carboxylic acids is 1. The molecule has 0 aromatic heterocycles. The van der Waals surface area contributed by atoms with Gasteiger partial charge >= 0.3 is 0 Å². The number of hydrogen-bond acceptors (Lipinski definition) is 2. The molecule has 0 unspecified atom stereocenters. The maximum Gasteiger partial charge on any atom is 0.253 e. The molecule has 108 valence electrons. The fourth-order valence-corrected chi connectivity index (χ4v) is 3.50. The first kappa shape index (κ1) is 13.7. The minimum absolute atomic E-state index is 0.00191. The third kappa shape index (κ3) is 2.51. The van der Waals surface area contributed by atoms with Gasteiger partial charge in [0.05, 0.1) is 5.56 Å². The second kappa shape index (κ2) is 5.28. The third-order valence-electron chi connectivity index (χ3n) is 4.89. The number of hydrogen-bond donors (Lipinski definition) is 2. The fourth-order valence-electron chi connectivity index (χ4n) is 3.33. The van der Waals surface area contributed by atoms with Crippen molar-refractivity contribution in [3.63, 3.8) is 0 Å². The van der Waals surface area contributed by atoms with Crippen LogP contribution in [-0.4, -0.2) is 19.5 Å². The van der Waals surface area contributed by atoms with Crippen molar-refractivity contribution in [1.29, 1.82) is 0 Å². The molecular formula is C16H21ClN2O. The van der Waals surface area contributed by atoms with E-state index in [9.17, 15) is 4.79 Å². The molecule has 0 atom stereocenters. The summed E-state index contributed by atoms with van der Waals surface area (Å²) >= 11 is 5.96. The summed E-state index contributed by atoms with van der Waals surface area (Å²) in [6.45, 7) is 0.822. The summed E-state index contributed by atoms with van der Waals surface area (Å²) in [7, 11) is 1.81. The van der Waals surface area contributed by atoms with Crippen LogP contribution in [0.4, 0.5) is 5.69 Å². The van der Waals surface area contributed by atoms with Gasteiger partial charge in [-0.15, -0.1) is 0 Å². The lowest BCUT2D eigenvalue weighted by Gasteiger charge is -2.42. The van der Waals surface area contributed by atoms with E-state index in [1.807, 2.05) is 0 Å². The highest BCUT2D eigenvalue weighted by atomic mass is 35.5. The molecule has 4 heteroatoms. The summed E-state index contributed by atoms with van der Waals surface area (Å²) in [4.78, 5) is 12.4. The van der Waals surface area contributed by atoms with Crippen molar-refractivity contribution < 1.29 is 4.79 Å². The van der Waals surface area contributed by atoms with Gasteiger partial charge in [-0.3, -0.25) is 4.79 Å². The molecule has 1 amide bonds. The van der Waals surface area contributed by atoms with E-state index in [1.54, 1.807) is 25.2 Å². The summed E-state index contributed by atoms with van der Waals surface area (Å²) in [6.07, 6.45) is 6.56. The molecule has 3 nitrogen and oxygen atoms in total. The highest BCUT2D eigenvalue weighted by Gasteiger charge is 2.48. The first-order chi connectivity index (χ1) is 9.64. The molecule has 2 aliphatic rings. The fraction of sp³-hybridized carbons (Fsp3) is 0.562. The monoisotopic (exact) mass is 292 g/mol.